The van der Waals surface area contributed by atoms with E-state index < -0.39 is 0 Å². The van der Waals surface area contributed by atoms with E-state index in [1.54, 1.807) is 6.08 Å². The maximum absolute atomic E-state index is 12.6. The van der Waals surface area contributed by atoms with Gasteiger partial charge in [0.25, 0.3) is 0 Å². The summed E-state index contributed by atoms with van der Waals surface area (Å²) in [6, 6.07) is 13.7. The molecule has 0 saturated carbocycles. The number of carbonyl (C=O) groups is 2. The van der Waals surface area contributed by atoms with E-state index in [0.29, 0.717) is 17.5 Å². The summed E-state index contributed by atoms with van der Waals surface area (Å²) in [6.45, 7) is 10.3. The first-order chi connectivity index (χ1) is 15.9. The number of nitrogens with one attached hydrogen (secondary N) is 2. The quantitative estimate of drug-likeness (QED) is 0.340. The Kier molecular flexibility index (Phi) is 8.43. The number of carbonyl (C=O) groups excluding carboxylic acids is 2. The maximum Gasteiger partial charge on any atom is 0.234 e. The zero-order valence-electron chi connectivity index (χ0n) is 19.2. The van der Waals surface area contributed by atoms with Gasteiger partial charge >= 0.3 is 0 Å². The molecule has 0 bridgehead atoms. The molecule has 2 aromatic carbocycles. The Bertz CT molecular complexity index is 1140. The van der Waals surface area contributed by atoms with Gasteiger partial charge in [0.15, 0.2) is 5.16 Å². The fourth-order valence-corrected chi connectivity index (χ4v) is 4.08. The summed E-state index contributed by atoms with van der Waals surface area (Å²) in [4.78, 5) is 25.0. The number of hydrogen-bond donors (Lipinski definition) is 2. The van der Waals surface area contributed by atoms with Crippen LogP contribution in [0.5, 0.6) is 0 Å². The van der Waals surface area contributed by atoms with Crippen molar-refractivity contribution < 1.29 is 9.59 Å². The van der Waals surface area contributed by atoms with Crippen LogP contribution in [0.25, 0.3) is 0 Å². The Labute approximate surface area is 198 Å². The Morgan fingerprint density at radius 1 is 1.06 bits per heavy atom. The molecule has 2 amide bonds. The summed E-state index contributed by atoms with van der Waals surface area (Å²) in [5, 5.41) is 14.8. The molecule has 0 unspecified atom stereocenters. The Balaban J connectivity index is 1.61. The van der Waals surface area contributed by atoms with Gasteiger partial charge in [-0.2, -0.15) is 0 Å². The number of amides is 2. The number of allylic oxidation sites excluding steroid dienone is 1. The van der Waals surface area contributed by atoms with E-state index in [2.05, 4.69) is 34.3 Å². The topological polar surface area (TPSA) is 88.9 Å². The van der Waals surface area contributed by atoms with E-state index in [1.165, 1.54) is 17.3 Å². The first-order valence-corrected chi connectivity index (χ1v) is 11.8. The van der Waals surface area contributed by atoms with Crippen LogP contribution < -0.4 is 10.6 Å². The van der Waals surface area contributed by atoms with Crippen LogP contribution in [0.3, 0.4) is 0 Å². The first-order valence-electron chi connectivity index (χ1n) is 10.8. The van der Waals surface area contributed by atoms with E-state index in [0.717, 1.165) is 28.9 Å². The summed E-state index contributed by atoms with van der Waals surface area (Å²) in [6.07, 6.45) is 2.74. The number of rotatable bonds is 10. The van der Waals surface area contributed by atoms with Crippen LogP contribution in [-0.2, 0) is 29.0 Å². The average molecular weight is 464 g/mol. The van der Waals surface area contributed by atoms with Gasteiger partial charge in [-0.05, 0) is 49.6 Å². The molecular weight excluding hydrogens is 434 g/mol. The second-order valence-electron chi connectivity index (χ2n) is 7.73. The van der Waals surface area contributed by atoms with Crippen molar-refractivity contribution in [1.82, 2.24) is 14.8 Å². The van der Waals surface area contributed by atoms with Crippen LogP contribution in [0.2, 0.25) is 0 Å². The van der Waals surface area contributed by atoms with E-state index in [-0.39, 0.29) is 24.0 Å². The smallest absolute Gasteiger partial charge is 0.234 e. The largest absolute Gasteiger partial charge is 0.325 e. The molecular formula is C25H29N5O2S. The third-order valence-electron chi connectivity index (χ3n) is 5.06. The number of thioether (sulfide) groups is 1. The fraction of sp³-hybridized carbons (Fsp3) is 0.280. The highest BCUT2D eigenvalue weighted by atomic mass is 32.2. The monoisotopic (exact) mass is 463 g/mol. The molecule has 0 aliphatic carbocycles. The molecule has 0 aliphatic rings. The van der Waals surface area contributed by atoms with Crippen LogP contribution in [-0.4, -0.2) is 32.3 Å². The van der Waals surface area contributed by atoms with Crippen LogP contribution >= 0.6 is 11.8 Å². The molecule has 8 heteroatoms. The number of aromatic nitrogens is 3. The van der Waals surface area contributed by atoms with Gasteiger partial charge in [-0.3, -0.25) is 9.59 Å². The molecule has 0 saturated heterocycles. The van der Waals surface area contributed by atoms with Crippen LogP contribution in [0.1, 0.15) is 29.4 Å². The lowest BCUT2D eigenvalue weighted by molar-refractivity contribution is -0.116. The minimum Gasteiger partial charge on any atom is -0.325 e. The molecule has 0 radical (unpaired) electrons. The zero-order valence-corrected chi connectivity index (χ0v) is 20.0. The van der Waals surface area contributed by atoms with Gasteiger partial charge in [0.2, 0.25) is 11.8 Å². The van der Waals surface area contributed by atoms with Crippen LogP contribution in [0.4, 0.5) is 11.4 Å². The number of anilines is 2. The predicted octanol–water partition coefficient (Wildman–Crippen LogP) is 4.56. The van der Waals surface area contributed by atoms with Crippen LogP contribution in [0.15, 0.2) is 60.3 Å². The van der Waals surface area contributed by atoms with Crippen molar-refractivity contribution in [1.29, 1.82) is 0 Å². The molecule has 3 aromatic rings. The van der Waals surface area contributed by atoms with Crippen molar-refractivity contribution in [3.8, 4) is 0 Å². The molecule has 7 nitrogen and oxygen atoms in total. The van der Waals surface area contributed by atoms with Crippen LogP contribution in [0, 0.1) is 13.8 Å². The number of aryl methyl sites for hydroxylation is 3. The molecule has 33 heavy (non-hydrogen) atoms. The van der Waals surface area contributed by atoms with Gasteiger partial charge < -0.3 is 15.2 Å². The number of nitrogens with zero attached hydrogens (tertiary/aromatic N) is 3. The van der Waals surface area contributed by atoms with E-state index in [1.807, 2.05) is 60.9 Å². The summed E-state index contributed by atoms with van der Waals surface area (Å²) in [5.41, 5.74) is 4.89. The van der Waals surface area contributed by atoms with Crippen molar-refractivity contribution in [3.05, 3.63) is 77.6 Å². The summed E-state index contributed by atoms with van der Waals surface area (Å²) in [7, 11) is 0. The van der Waals surface area contributed by atoms with Gasteiger partial charge in [0.05, 0.1) is 12.2 Å². The predicted molar refractivity (Wildman–Crippen MR) is 134 cm³/mol. The lowest BCUT2D eigenvalue weighted by Gasteiger charge is -2.10. The second kappa shape index (κ2) is 11.5. The van der Waals surface area contributed by atoms with Crippen molar-refractivity contribution in [3.63, 3.8) is 0 Å². The molecule has 0 fully saturated rings. The molecule has 0 atom stereocenters. The summed E-state index contributed by atoms with van der Waals surface area (Å²) in [5.74, 6) is 0.394. The van der Waals surface area contributed by atoms with Crippen molar-refractivity contribution >= 4 is 35.0 Å². The van der Waals surface area contributed by atoms with E-state index in [4.69, 9.17) is 0 Å². The molecule has 172 valence electrons. The van der Waals surface area contributed by atoms with E-state index in [9.17, 15) is 9.59 Å². The van der Waals surface area contributed by atoms with Gasteiger partial charge in [0.1, 0.15) is 5.82 Å². The average Bonchev–Trinajstić information content (AvgIpc) is 3.16. The fourth-order valence-electron chi connectivity index (χ4n) is 3.31. The van der Waals surface area contributed by atoms with Crippen molar-refractivity contribution in [2.75, 3.05) is 16.4 Å². The Morgan fingerprint density at radius 2 is 1.82 bits per heavy atom. The molecule has 0 aliphatic heterocycles. The van der Waals surface area contributed by atoms with Gasteiger partial charge in [0, 0.05) is 17.9 Å². The standard InChI is InChI=1S/C25H29N5O2S/c1-5-13-30-22(15-23(31)27-21-12-7-17(3)14-18(21)4)28-29-25(30)33-16-24(32)26-20-10-8-19(6-2)9-11-20/h5,7-12,14H,1,6,13,15-16H2,2-4H3,(H,26,32)(H,27,31). The van der Waals surface area contributed by atoms with Gasteiger partial charge in [-0.15, -0.1) is 16.8 Å². The SMILES string of the molecule is C=CCn1c(CC(=O)Nc2ccc(C)cc2C)nnc1SCC(=O)Nc1ccc(CC)cc1. The van der Waals surface area contributed by atoms with Gasteiger partial charge in [-0.25, -0.2) is 0 Å². The van der Waals surface area contributed by atoms with E-state index >= 15 is 0 Å². The molecule has 3 rings (SSSR count). The van der Waals surface area contributed by atoms with Crippen molar-refractivity contribution in [2.24, 2.45) is 0 Å². The first kappa shape index (κ1) is 24.3. The second-order valence-corrected chi connectivity index (χ2v) is 8.67. The normalized spacial score (nSPS) is 10.6. The third-order valence-corrected chi connectivity index (χ3v) is 6.02. The Hall–Kier alpha value is -3.39. The third kappa shape index (κ3) is 6.79. The van der Waals surface area contributed by atoms with Gasteiger partial charge in [-0.1, -0.05) is 54.6 Å². The number of benzene rings is 2. The molecule has 2 N–H and O–H groups in total. The summed E-state index contributed by atoms with van der Waals surface area (Å²) < 4.78 is 1.81. The molecule has 1 aromatic heterocycles. The highest BCUT2D eigenvalue weighted by Crippen LogP contribution is 2.20. The highest BCUT2D eigenvalue weighted by molar-refractivity contribution is 7.99. The zero-order chi connectivity index (χ0) is 23.8. The maximum atomic E-state index is 12.6. The number of hydrogen-bond acceptors (Lipinski definition) is 5. The lowest BCUT2D eigenvalue weighted by atomic mass is 10.1. The van der Waals surface area contributed by atoms with Crippen molar-refractivity contribution in [2.45, 2.75) is 45.3 Å². The molecule has 1 heterocycles. The minimum absolute atomic E-state index is 0.0741. The minimum atomic E-state index is -0.176. The lowest BCUT2D eigenvalue weighted by Crippen LogP contribution is -2.18. The summed E-state index contributed by atoms with van der Waals surface area (Å²) >= 11 is 1.28. The Morgan fingerprint density at radius 3 is 2.48 bits per heavy atom. The highest BCUT2D eigenvalue weighted by Gasteiger charge is 2.17. The molecule has 0 spiro atoms.